The van der Waals surface area contributed by atoms with Gasteiger partial charge in [-0.3, -0.25) is 14.7 Å². The van der Waals surface area contributed by atoms with E-state index in [1.807, 2.05) is 30.3 Å². The molecule has 156 valence electrons. The summed E-state index contributed by atoms with van der Waals surface area (Å²) in [5, 5.41) is 14.1. The first-order valence-corrected chi connectivity index (χ1v) is 11.0. The predicted molar refractivity (Wildman–Crippen MR) is 114 cm³/mol. The van der Waals surface area contributed by atoms with Crippen molar-refractivity contribution in [1.29, 1.82) is 0 Å². The molecule has 0 fully saturated rings. The summed E-state index contributed by atoms with van der Waals surface area (Å²) in [7, 11) is -3.76. The van der Waals surface area contributed by atoms with Crippen LogP contribution in [0.25, 0.3) is 10.9 Å². The number of fused-ring (bicyclic) bond motifs is 1. The Hall–Kier alpha value is -3.35. The van der Waals surface area contributed by atoms with Gasteiger partial charge in [-0.15, -0.1) is 0 Å². The van der Waals surface area contributed by atoms with Gasteiger partial charge in [0.25, 0.3) is 5.91 Å². The van der Waals surface area contributed by atoms with E-state index >= 15 is 0 Å². The summed E-state index contributed by atoms with van der Waals surface area (Å²) in [5.41, 5.74) is 10.2. The third-order valence-corrected chi connectivity index (χ3v) is 7.13. The van der Waals surface area contributed by atoms with Crippen molar-refractivity contribution in [3.05, 3.63) is 59.8 Å². The van der Waals surface area contributed by atoms with Crippen molar-refractivity contribution in [2.75, 3.05) is 12.0 Å². The number of rotatable bonds is 5. The lowest BCUT2D eigenvalue weighted by Gasteiger charge is -2.25. The minimum absolute atomic E-state index is 0.0479. The number of anilines is 1. The molecule has 1 atom stereocenters. The normalized spacial score (nSPS) is 13.3. The van der Waals surface area contributed by atoms with Crippen LogP contribution in [0.2, 0.25) is 0 Å². The van der Waals surface area contributed by atoms with E-state index in [9.17, 15) is 13.2 Å². The van der Waals surface area contributed by atoms with Crippen LogP contribution in [0.5, 0.6) is 0 Å². The SMILES string of the molecule is C[C@](CCn1ncc2cc(C#Cc3ccc(N)cc3)ccc21)(C(=O)NO)S(C)(=O)=O. The maximum absolute atomic E-state index is 12.1. The van der Waals surface area contributed by atoms with Gasteiger partial charge in [0.1, 0.15) is 0 Å². The predicted octanol–water partition coefficient (Wildman–Crippen LogP) is 1.72. The number of aromatic nitrogens is 2. The fourth-order valence-corrected chi connectivity index (χ4v) is 3.80. The number of sulfone groups is 1. The standard InChI is InChI=1S/C21H22N4O4S/c1-21(20(26)24-27,30(2,28)29)11-12-25-19-10-7-16(13-17(19)14-23-25)4-3-15-5-8-18(22)9-6-15/h5-10,13-14,27H,11-12,22H2,1-2H3,(H,24,26)/t21-/m0/s1. The number of nitrogens with two attached hydrogens (primary N) is 1. The number of benzene rings is 2. The van der Waals surface area contributed by atoms with E-state index in [1.165, 1.54) is 12.4 Å². The Morgan fingerprint density at radius 2 is 1.83 bits per heavy atom. The molecular weight excluding hydrogens is 404 g/mol. The average Bonchev–Trinajstić information content (AvgIpc) is 3.12. The van der Waals surface area contributed by atoms with Gasteiger partial charge in [0.15, 0.2) is 14.6 Å². The van der Waals surface area contributed by atoms with Gasteiger partial charge in [0.05, 0.1) is 11.7 Å². The quantitative estimate of drug-likeness (QED) is 0.247. The summed E-state index contributed by atoms with van der Waals surface area (Å²) in [6.45, 7) is 1.46. The van der Waals surface area contributed by atoms with E-state index in [2.05, 4.69) is 16.9 Å². The van der Waals surface area contributed by atoms with Crippen LogP contribution in [0.3, 0.4) is 0 Å². The Balaban J connectivity index is 1.83. The number of carbonyl (C=O) groups is 1. The Morgan fingerprint density at radius 1 is 1.20 bits per heavy atom. The van der Waals surface area contributed by atoms with Crippen LogP contribution in [0.15, 0.2) is 48.7 Å². The topological polar surface area (TPSA) is 127 Å². The monoisotopic (exact) mass is 426 g/mol. The number of hydroxylamine groups is 1. The molecule has 0 saturated heterocycles. The number of amides is 1. The van der Waals surface area contributed by atoms with Crippen molar-refractivity contribution in [2.45, 2.75) is 24.6 Å². The molecule has 9 heteroatoms. The van der Waals surface area contributed by atoms with Crippen LogP contribution in [0, 0.1) is 11.8 Å². The van der Waals surface area contributed by atoms with Crippen molar-refractivity contribution in [3.63, 3.8) is 0 Å². The summed E-state index contributed by atoms with van der Waals surface area (Å²) in [4.78, 5) is 12.0. The molecule has 3 rings (SSSR count). The second-order valence-corrected chi connectivity index (χ2v) is 9.65. The second-order valence-electron chi connectivity index (χ2n) is 7.21. The largest absolute Gasteiger partial charge is 0.399 e. The number of carbonyl (C=O) groups excluding carboxylic acids is 1. The fourth-order valence-electron chi connectivity index (χ4n) is 2.96. The van der Waals surface area contributed by atoms with E-state index in [4.69, 9.17) is 10.9 Å². The number of hydrogen-bond acceptors (Lipinski definition) is 6. The maximum atomic E-state index is 12.1. The van der Waals surface area contributed by atoms with Gasteiger partial charge in [-0.25, -0.2) is 13.9 Å². The van der Waals surface area contributed by atoms with Crippen molar-refractivity contribution >= 4 is 32.3 Å². The molecule has 0 aliphatic rings. The van der Waals surface area contributed by atoms with Crippen LogP contribution in [0.1, 0.15) is 24.5 Å². The van der Waals surface area contributed by atoms with Gasteiger partial charge in [0.2, 0.25) is 0 Å². The average molecular weight is 426 g/mol. The highest BCUT2D eigenvalue weighted by Gasteiger charge is 2.43. The lowest BCUT2D eigenvalue weighted by atomic mass is 10.1. The van der Waals surface area contributed by atoms with Crippen LogP contribution >= 0.6 is 0 Å². The van der Waals surface area contributed by atoms with Gasteiger partial charge < -0.3 is 5.73 Å². The number of aryl methyl sites for hydroxylation is 1. The van der Waals surface area contributed by atoms with Crippen LogP contribution in [-0.4, -0.2) is 40.3 Å². The molecule has 0 spiro atoms. The fraction of sp³-hybridized carbons (Fsp3) is 0.238. The number of nitrogens with zero attached hydrogens (tertiary/aromatic N) is 2. The third-order valence-electron chi connectivity index (χ3n) is 5.10. The molecule has 0 unspecified atom stereocenters. The minimum atomic E-state index is -3.76. The van der Waals surface area contributed by atoms with Gasteiger partial charge in [-0.2, -0.15) is 5.10 Å². The first-order valence-electron chi connectivity index (χ1n) is 9.11. The molecule has 2 aromatic carbocycles. The summed E-state index contributed by atoms with van der Waals surface area (Å²) >= 11 is 0. The summed E-state index contributed by atoms with van der Waals surface area (Å²) in [6, 6.07) is 12.9. The molecule has 8 nitrogen and oxygen atoms in total. The van der Waals surface area contributed by atoms with Crippen LogP contribution in [0.4, 0.5) is 5.69 Å². The zero-order valence-corrected chi connectivity index (χ0v) is 17.4. The maximum Gasteiger partial charge on any atom is 0.264 e. The van der Waals surface area contributed by atoms with Crippen molar-refractivity contribution in [1.82, 2.24) is 15.3 Å². The molecule has 3 aromatic rings. The Labute approximate surface area is 174 Å². The number of hydrogen-bond donors (Lipinski definition) is 3. The molecule has 0 bridgehead atoms. The molecule has 0 saturated carbocycles. The molecule has 4 N–H and O–H groups in total. The first-order chi connectivity index (χ1) is 14.1. The molecule has 1 aromatic heterocycles. The van der Waals surface area contributed by atoms with Crippen molar-refractivity contribution in [2.24, 2.45) is 0 Å². The van der Waals surface area contributed by atoms with E-state index < -0.39 is 20.5 Å². The van der Waals surface area contributed by atoms with Gasteiger partial charge in [0, 0.05) is 35.0 Å². The molecule has 30 heavy (non-hydrogen) atoms. The van der Waals surface area contributed by atoms with Crippen molar-refractivity contribution < 1.29 is 18.4 Å². The molecule has 0 radical (unpaired) electrons. The molecule has 0 aliphatic heterocycles. The van der Waals surface area contributed by atoms with Gasteiger partial charge in [-0.1, -0.05) is 11.8 Å². The smallest absolute Gasteiger partial charge is 0.264 e. The zero-order valence-electron chi connectivity index (χ0n) is 16.6. The van der Waals surface area contributed by atoms with E-state index in [0.717, 1.165) is 28.3 Å². The van der Waals surface area contributed by atoms with Gasteiger partial charge in [-0.05, 0) is 55.8 Å². The van der Waals surface area contributed by atoms with E-state index in [1.54, 1.807) is 23.0 Å². The Bertz CT molecular complexity index is 1250. The highest BCUT2D eigenvalue weighted by atomic mass is 32.2. The third kappa shape index (κ3) is 4.30. The number of nitrogen functional groups attached to an aromatic ring is 1. The highest BCUT2D eigenvalue weighted by Crippen LogP contribution is 2.24. The summed E-state index contributed by atoms with van der Waals surface area (Å²) < 4.78 is 24.1. The lowest BCUT2D eigenvalue weighted by Crippen LogP contribution is -2.49. The lowest BCUT2D eigenvalue weighted by molar-refractivity contribution is -0.131. The Morgan fingerprint density at radius 3 is 2.47 bits per heavy atom. The molecular formula is C21H22N4O4S. The summed E-state index contributed by atoms with van der Waals surface area (Å²) in [6.07, 6.45) is 2.58. The van der Waals surface area contributed by atoms with E-state index in [-0.39, 0.29) is 13.0 Å². The van der Waals surface area contributed by atoms with Crippen LogP contribution < -0.4 is 11.2 Å². The Kier molecular flexibility index (Phi) is 5.82. The number of nitrogens with one attached hydrogen (secondary N) is 1. The first kappa shape index (κ1) is 21.4. The summed E-state index contributed by atoms with van der Waals surface area (Å²) in [5.74, 6) is 5.19. The molecule has 1 heterocycles. The molecule has 1 amide bonds. The second kappa shape index (κ2) is 8.18. The van der Waals surface area contributed by atoms with E-state index in [0.29, 0.717) is 5.69 Å². The molecule has 0 aliphatic carbocycles. The highest BCUT2D eigenvalue weighted by molar-refractivity contribution is 7.92. The van der Waals surface area contributed by atoms with Crippen molar-refractivity contribution in [3.8, 4) is 11.8 Å². The minimum Gasteiger partial charge on any atom is -0.399 e. The van der Waals surface area contributed by atoms with Gasteiger partial charge >= 0.3 is 0 Å². The van der Waals surface area contributed by atoms with Crippen LogP contribution in [-0.2, 0) is 21.2 Å². The zero-order chi connectivity index (χ0) is 21.9.